The number of morpholine rings is 1. The Hall–Kier alpha value is -3.16. The maximum atomic E-state index is 13.3. The second-order valence-electron chi connectivity index (χ2n) is 9.54. The van der Waals surface area contributed by atoms with Crippen molar-refractivity contribution in [3.63, 3.8) is 0 Å². The summed E-state index contributed by atoms with van der Waals surface area (Å²) in [7, 11) is 0. The van der Waals surface area contributed by atoms with Crippen molar-refractivity contribution in [2.75, 3.05) is 46.0 Å². The third kappa shape index (κ3) is 5.63. The summed E-state index contributed by atoms with van der Waals surface area (Å²) in [5.74, 6) is -0.600. The molecule has 0 aliphatic carbocycles. The Bertz CT molecular complexity index is 1120. The molecule has 0 spiro atoms. The lowest BCUT2D eigenvalue weighted by molar-refractivity contribution is -0.140. The average molecular weight is 493 g/mol. The van der Waals surface area contributed by atoms with Crippen LogP contribution in [0.1, 0.15) is 48.1 Å². The molecule has 2 aromatic rings. The molecule has 1 atom stereocenters. The fraction of sp³-hybridized carbons (Fsp3) is 0.448. The quantitative estimate of drug-likeness (QED) is 0.321. The lowest BCUT2D eigenvalue weighted by Crippen LogP contribution is -2.38. The van der Waals surface area contributed by atoms with Gasteiger partial charge >= 0.3 is 0 Å². The van der Waals surface area contributed by atoms with Crippen LogP contribution in [0.3, 0.4) is 0 Å². The van der Waals surface area contributed by atoms with Crippen LogP contribution in [0.4, 0.5) is 0 Å². The number of hydrogen-bond donors (Lipinski definition) is 1. The molecule has 2 aromatic carbocycles. The van der Waals surface area contributed by atoms with Gasteiger partial charge in [-0.05, 0) is 56.0 Å². The predicted molar refractivity (Wildman–Crippen MR) is 139 cm³/mol. The summed E-state index contributed by atoms with van der Waals surface area (Å²) >= 11 is 0. The molecule has 0 bridgehead atoms. The van der Waals surface area contributed by atoms with E-state index >= 15 is 0 Å². The Kier molecular flexibility index (Phi) is 8.44. The first kappa shape index (κ1) is 25.9. The van der Waals surface area contributed by atoms with Crippen LogP contribution < -0.4 is 4.74 Å². The highest BCUT2D eigenvalue weighted by Crippen LogP contribution is 2.40. The summed E-state index contributed by atoms with van der Waals surface area (Å²) in [6.45, 7) is 10.9. The molecule has 1 unspecified atom stereocenters. The van der Waals surface area contributed by atoms with Crippen molar-refractivity contribution >= 4 is 17.4 Å². The Labute approximate surface area is 213 Å². The van der Waals surface area contributed by atoms with E-state index in [1.54, 1.807) is 4.90 Å². The number of Topliss-reactive ketones (excluding diaryl/α,β-unsaturated/α-hetero) is 1. The largest absolute Gasteiger partial charge is 0.507 e. The number of carbonyl (C=O) groups excluding carboxylic acids is 2. The van der Waals surface area contributed by atoms with Gasteiger partial charge in [0.25, 0.3) is 11.7 Å². The highest BCUT2D eigenvalue weighted by Gasteiger charge is 2.46. The number of benzene rings is 2. The second-order valence-corrected chi connectivity index (χ2v) is 9.54. The number of nitrogens with zero attached hydrogens (tertiary/aromatic N) is 2. The minimum atomic E-state index is -0.658. The molecule has 192 valence electrons. The number of aliphatic hydroxyl groups excluding tert-OH is 1. The summed E-state index contributed by atoms with van der Waals surface area (Å²) in [5.41, 5.74) is 3.31. The number of aryl methyl sites for hydroxylation is 2. The summed E-state index contributed by atoms with van der Waals surface area (Å²) in [6.07, 6.45) is 1.63. The van der Waals surface area contributed by atoms with Gasteiger partial charge in [0.15, 0.2) is 0 Å². The normalized spacial score (nSPS) is 20.2. The van der Waals surface area contributed by atoms with E-state index in [1.165, 1.54) is 0 Å². The first-order valence-electron chi connectivity index (χ1n) is 12.8. The number of likely N-dealkylation sites (tertiary alicyclic amines) is 1. The molecule has 2 heterocycles. The molecule has 0 saturated carbocycles. The molecule has 36 heavy (non-hydrogen) atoms. The van der Waals surface area contributed by atoms with Gasteiger partial charge in [-0.1, -0.05) is 36.8 Å². The molecule has 2 fully saturated rings. The lowest BCUT2D eigenvalue weighted by atomic mass is 9.93. The van der Waals surface area contributed by atoms with Crippen LogP contribution in [-0.4, -0.2) is 72.6 Å². The van der Waals surface area contributed by atoms with Gasteiger partial charge < -0.3 is 19.5 Å². The summed E-state index contributed by atoms with van der Waals surface area (Å²) in [4.78, 5) is 30.5. The van der Waals surface area contributed by atoms with Crippen molar-refractivity contribution in [2.24, 2.45) is 0 Å². The maximum Gasteiger partial charge on any atom is 0.295 e. The third-order valence-corrected chi connectivity index (χ3v) is 6.83. The van der Waals surface area contributed by atoms with Crippen LogP contribution in [0.25, 0.3) is 5.76 Å². The SMILES string of the molecule is CCCOc1ccc(C2/C(=C(\O)c3cc(C)ccc3C)C(=O)C(=O)N2CCCN2CCOCC2)cc1. The molecule has 7 heteroatoms. The number of carbonyl (C=O) groups is 2. The first-order valence-corrected chi connectivity index (χ1v) is 12.8. The van der Waals surface area contributed by atoms with Gasteiger partial charge in [0.2, 0.25) is 0 Å². The molecule has 2 aliphatic rings. The van der Waals surface area contributed by atoms with E-state index < -0.39 is 17.7 Å². The smallest absolute Gasteiger partial charge is 0.295 e. The van der Waals surface area contributed by atoms with Crippen molar-refractivity contribution in [1.29, 1.82) is 0 Å². The van der Waals surface area contributed by atoms with Gasteiger partial charge in [0, 0.05) is 31.7 Å². The molecule has 2 saturated heterocycles. The number of amides is 1. The molecule has 0 aromatic heterocycles. The summed E-state index contributed by atoms with van der Waals surface area (Å²) < 4.78 is 11.1. The monoisotopic (exact) mass is 492 g/mol. The van der Waals surface area contributed by atoms with E-state index in [1.807, 2.05) is 63.2 Å². The molecular weight excluding hydrogens is 456 g/mol. The van der Waals surface area contributed by atoms with E-state index in [0.717, 1.165) is 54.9 Å². The van der Waals surface area contributed by atoms with Crippen molar-refractivity contribution in [3.05, 3.63) is 70.3 Å². The van der Waals surface area contributed by atoms with Crippen LogP contribution in [-0.2, 0) is 14.3 Å². The summed E-state index contributed by atoms with van der Waals surface area (Å²) in [5, 5.41) is 11.4. The van der Waals surface area contributed by atoms with Crippen LogP contribution in [0.5, 0.6) is 5.75 Å². The van der Waals surface area contributed by atoms with E-state index in [2.05, 4.69) is 4.90 Å². The molecule has 1 amide bonds. The zero-order valence-electron chi connectivity index (χ0n) is 21.5. The maximum absolute atomic E-state index is 13.3. The Morgan fingerprint density at radius 1 is 1.06 bits per heavy atom. The van der Waals surface area contributed by atoms with Gasteiger partial charge in [-0.15, -0.1) is 0 Å². The number of rotatable bonds is 9. The van der Waals surface area contributed by atoms with E-state index in [0.29, 0.717) is 31.9 Å². The fourth-order valence-electron chi connectivity index (χ4n) is 4.85. The van der Waals surface area contributed by atoms with Gasteiger partial charge in [0.05, 0.1) is 31.4 Å². The highest BCUT2D eigenvalue weighted by atomic mass is 16.5. The Balaban J connectivity index is 1.68. The molecule has 7 nitrogen and oxygen atoms in total. The molecule has 1 N–H and O–H groups in total. The van der Waals surface area contributed by atoms with Crippen molar-refractivity contribution < 1.29 is 24.2 Å². The molecule has 0 radical (unpaired) electrons. The van der Waals surface area contributed by atoms with Crippen molar-refractivity contribution in [1.82, 2.24) is 9.80 Å². The zero-order valence-corrected chi connectivity index (χ0v) is 21.5. The number of ketones is 1. The minimum absolute atomic E-state index is 0.124. The highest BCUT2D eigenvalue weighted by molar-refractivity contribution is 6.46. The molecular formula is C29H36N2O5. The third-order valence-electron chi connectivity index (χ3n) is 6.83. The Morgan fingerprint density at radius 2 is 1.78 bits per heavy atom. The minimum Gasteiger partial charge on any atom is -0.507 e. The van der Waals surface area contributed by atoms with Gasteiger partial charge in [0.1, 0.15) is 11.5 Å². The van der Waals surface area contributed by atoms with Crippen molar-refractivity contribution in [2.45, 2.75) is 39.7 Å². The average Bonchev–Trinajstić information content (AvgIpc) is 3.14. The number of hydrogen-bond acceptors (Lipinski definition) is 6. The zero-order chi connectivity index (χ0) is 25.7. The van der Waals surface area contributed by atoms with E-state index in [9.17, 15) is 14.7 Å². The van der Waals surface area contributed by atoms with Crippen molar-refractivity contribution in [3.8, 4) is 5.75 Å². The summed E-state index contributed by atoms with van der Waals surface area (Å²) in [6, 6.07) is 12.6. The van der Waals surface area contributed by atoms with Crippen LogP contribution in [0.2, 0.25) is 0 Å². The number of aliphatic hydroxyl groups is 1. The first-order chi connectivity index (χ1) is 17.4. The van der Waals surface area contributed by atoms with Gasteiger partial charge in [-0.25, -0.2) is 0 Å². The lowest BCUT2D eigenvalue weighted by Gasteiger charge is -2.29. The fourth-order valence-corrected chi connectivity index (χ4v) is 4.85. The van der Waals surface area contributed by atoms with Crippen LogP contribution in [0.15, 0.2) is 48.0 Å². The molecule has 4 rings (SSSR count). The van der Waals surface area contributed by atoms with E-state index in [4.69, 9.17) is 9.47 Å². The number of ether oxygens (including phenoxy) is 2. The topological polar surface area (TPSA) is 79.3 Å². The standard InChI is InChI=1S/C29H36N2O5/c1-4-16-36-23-10-8-22(9-11-23)26-25(27(32)24-19-20(2)6-7-21(24)3)28(33)29(34)31(26)13-5-12-30-14-17-35-18-15-30/h6-11,19,26,32H,4-5,12-18H2,1-3H3/b27-25+. The van der Waals surface area contributed by atoms with Crippen LogP contribution >= 0.6 is 0 Å². The van der Waals surface area contributed by atoms with E-state index in [-0.39, 0.29) is 11.3 Å². The Morgan fingerprint density at radius 3 is 2.47 bits per heavy atom. The second kappa shape index (κ2) is 11.7. The predicted octanol–water partition coefficient (Wildman–Crippen LogP) is 4.24. The van der Waals surface area contributed by atoms with Crippen LogP contribution in [0, 0.1) is 13.8 Å². The van der Waals surface area contributed by atoms with Gasteiger partial charge in [-0.2, -0.15) is 0 Å². The molecule has 2 aliphatic heterocycles. The van der Waals surface area contributed by atoms with Gasteiger partial charge in [-0.3, -0.25) is 14.5 Å².